The number of carbonyl (C=O) groups excluding carboxylic acids is 1. The topological polar surface area (TPSA) is 65.5 Å². The Bertz CT molecular complexity index is 688. The summed E-state index contributed by atoms with van der Waals surface area (Å²) in [6.45, 7) is 2.83. The molecule has 1 aliphatic heterocycles. The molecular weight excluding hydrogens is 314 g/mol. The molecule has 0 radical (unpaired) electrons. The van der Waals surface area contributed by atoms with Crippen LogP contribution in [0.5, 0.6) is 5.75 Å². The fourth-order valence-electron chi connectivity index (χ4n) is 3.35. The molecule has 0 aliphatic carbocycles. The maximum atomic E-state index is 12.7. The third kappa shape index (κ3) is 4.50. The van der Waals surface area contributed by atoms with E-state index in [4.69, 9.17) is 0 Å². The second-order valence-corrected chi connectivity index (χ2v) is 6.69. The van der Waals surface area contributed by atoms with E-state index < -0.39 is 0 Å². The number of nitrogens with one attached hydrogen (secondary N) is 1. The Morgan fingerprint density at radius 2 is 2.00 bits per heavy atom. The Hall–Kier alpha value is -2.56. The van der Waals surface area contributed by atoms with Gasteiger partial charge in [-0.15, -0.1) is 0 Å². The van der Waals surface area contributed by atoms with E-state index in [9.17, 15) is 9.90 Å². The van der Waals surface area contributed by atoms with Crippen LogP contribution in [0, 0.1) is 0 Å². The van der Waals surface area contributed by atoms with Crippen LogP contribution in [0.15, 0.2) is 48.8 Å². The fraction of sp³-hybridized carbons (Fsp3) is 0.400. The minimum atomic E-state index is 0.0116. The number of aryl methyl sites for hydroxylation is 1. The van der Waals surface area contributed by atoms with E-state index in [1.807, 2.05) is 36.1 Å². The highest BCUT2D eigenvalue weighted by molar-refractivity contribution is 5.75. The van der Waals surface area contributed by atoms with Gasteiger partial charge in [0, 0.05) is 25.0 Å². The molecule has 2 amide bonds. The molecule has 0 unspecified atom stereocenters. The van der Waals surface area contributed by atoms with Gasteiger partial charge in [0.15, 0.2) is 0 Å². The number of benzene rings is 1. The van der Waals surface area contributed by atoms with Gasteiger partial charge in [0.2, 0.25) is 0 Å². The summed E-state index contributed by atoms with van der Waals surface area (Å²) < 4.78 is 0. The molecule has 1 saturated heterocycles. The van der Waals surface area contributed by atoms with Gasteiger partial charge < -0.3 is 15.3 Å². The van der Waals surface area contributed by atoms with Gasteiger partial charge in [-0.1, -0.05) is 12.1 Å². The molecular formula is C20H25N3O2. The van der Waals surface area contributed by atoms with Gasteiger partial charge in [-0.2, -0.15) is 0 Å². The lowest BCUT2D eigenvalue weighted by atomic mass is 10.1. The summed E-state index contributed by atoms with van der Waals surface area (Å²) in [6, 6.07) is 11.5. The lowest BCUT2D eigenvalue weighted by Gasteiger charge is -2.27. The van der Waals surface area contributed by atoms with E-state index in [0.717, 1.165) is 43.4 Å². The maximum Gasteiger partial charge on any atom is 0.318 e. The summed E-state index contributed by atoms with van der Waals surface area (Å²) >= 11 is 0. The number of aromatic nitrogens is 1. The SMILES string of the molecule is C[C@H](CCc1ccc(O)cc1)NC(=O)N1CCC[C@H]1c1ccncc1. The molecule has 0 bridgehead atoms. The molecule has 3 rings (SSSR count). The van der Waals surface area contributed by atoms with Crippen LogP contribution in [0.1, 0.15) is 43.4 Å². The molecule has 1 aromatic carbocycles. The number of phenols is 1. The molecule has 1 aromatic heterocycles. The average Bonchev–Trinajstić information content (AvgIpc) is 3.12. The molecule has 1 fully saturated rings. The standard InChI is InChI=1S/C20H25N3O2/c1-15(4-5-16-6-8-18(24)9-7-16)22-20(25)23-14-2-3-19(23)17-10-12-21-13-11-17/h6-13,15,19,24H,2-5,14H2,1H3,(H,22,25)/t15-,19+/m1/s1. The quantitative estimate of drug-likeness (QED) is 0.874. The summed E-state index contributed by atoms with van der Waals surface area (Å²) in [5.41, 5.74) is 2.31. The predicted octanol–water partition coefficient (Wildman–Crippen LogP) is 3.66. The number of hydrogen-bond acceptors (Lipinski definition) is 3. The normalized spacial score (nSPS) is 18.1. The highest BCUT2D eigenvalue weighted by atomic mass is 16.3. The highest BCUT2D eigenvalue weighted by Crippen LogP contribution is 2.31. The Morgan fingerprint density at radius 1 is 1.28 bits per heavy atom. The lowest BCUT2D eigenvalue weighted by molar-refractivity contribution is 0.189. The molecule has 2 aromatic rings. The van der Waals surface area contributed by atoms with Gasteiger partial charge in [-0.25, -0.2) is 4.79 Å². The molecule has 2 heterocycles. The summed E-state index contributed by atoms with van der Waals surface area (Å²) in [7, 11) is 0. The Labute approximate surface area is 148 Å². The van der Waals surface area contributed by atoms with E-state index in [1.54, 1.807) is 24.5 Å². The summed E-state index contributed by atoms with van der Waals surface area (Å²) in [6.07, 6.45) is 7.33. The number of hydrogen-bond donors (Lipinski definition) is 2. The molecule has 1 aliphatic rings. The van der Waals surface area contributed by atoms with Gasteiger partial charge in [0.25, 0.3) is 0 Å². The molecule has 2 atom stereocenters. The van der Waals surface area contributed by atoms with Crippen molar-refractivity contribution in [2.75, 3.05) is 6.54 Å². The van der Waals surface area contributed by atoms with Crippen molar-refractivity contribution in [2.45, 2.75) is 44.7 Å². The van der Waals surface area contributed by atoms with E-state index in [1.165, 1.54) is 0 Å². The number of pyridine rings is 1. The van der Waals surface area contributed by atoms with Crippen molar-refractivity contribution in [2.24, 2.45) is 0 Å². The maximum absolute atomic E-state index is 12.7. The van der Waals surface area contributed by atoms with Crippen molar-refractivity contribution < 1.29 is 9.90 Å². The van der Waals surface area contributed by atoms with Crippen LogP contribution in [0.3, 0.4) is 0 Å². The number of aromatic hydroxyl groups is 1. The number of rotatable bonds is 5. The fourth-order valence-corrected chi connectivity index (χ4v) is 3.35. The zero-order valence-electron chi connectivity index (χ0n) is 14.6. The Morgan fingerprint density at radius 3 is 2.72 bits per heavy atom. The third-order valence-electron chi connectivity index (χ3n) is 4.78. The van der Waals surface area contributed by atoms with Crippen molar-refractivity contribution in [1.29, 1.82) is 0 Å². The largest absolute Gasteiger partial charge is 0.508 e. The smallest absolute Gasteiger partial charge is 0.318 e. The van der Waals surface area contributed by atoms with Crippen LogP contribution in [0.25, 0.3) is 0 Å². The summed E-state index contributed by atoms with van der Waals surface area (Å²) in [4.78, 5) is 18.7. The van der Waals surface area contributed by atoms with E-state index >= 15 is 0 Å². The molecule has 0 saturated carbocycles. The number of carbonyl (C=O) groups is 1. The van der Waals surface area contributed by atoms with Crippen LogP contribution in [0.4, 0.5) is 4.79 Å². The number of phenolic OH excluding ortho intramolecular Hbond substituents is 1. The van der Waals surface area contributed by atoms with E-state index in [0.29, 0.717) is 0 Å². The first-order valence-corrected chi connectivity index (χ1v) is 8.88. The number of likely N-dealkylation sites (tertiary alicyclic amines) is 1. The first kappa shape index (κ1) is 17.3. The Kier molecular flexibility index (Phi) is 5.53. The van der Waals surface area contributed by atoms with Gasteiger partial charge >= 0.3 is 6.03 Å². The van der Waals surface area contributed by atoms with Crippen molar-refractivity contribution in [1.82, 2.24) is 15.2 Å². The van der Waals surface area contributed by atoms with Gasteiger partial charge in [-0.3, -0.25) is 4.98 Å². The number of urea groups is 1. The zero-order valence-corrected chi connectivity index (χ0v) is 14.6. The van der Waals surface area contributed by atoms with E-state index in [-0.39, 0.29) is 23.9 Å². The molecule has 5 nitrogen and oxygen atoms in total. The van der Waals surface area contributed by atoms with Crippen LogP contribution in [0.2, 0.25) is 0 Å². The minimum absolute atomic E-state index is 0.0116. The number of nitrogens with zero attached hydrogens (tertiary/aromatic N) is 2. The van der Waals surface area contributed by atoms with Crippen molar-refractivity contribution in [3.63, 3.8) is 0 Å². The van der Waals surface area contributed by atoms with E-state index in [2.05, 4.69) is 10.3 Å². The Balaban J connectivity index is 1.53. The average molecular weight is 339 g/mol. The van der Waals surface area contributed by atoms with Crippen molar-refractivity contribution >= 4 is 6.03 Å². The lowest BCUT2D eigenvalue weighted by Crippen LogP contribution is -2.43. The molecule has 132 valence electrons. The highest BCUT2D eigenvalue weighted by Gasteiger charge is 2.30. The number of amides is 2. The van der Waals surface area contributed by atoms with Gasteiger partial charge in [0.05, 0.1) is 6.04 Å². The summed E-state index contributed by atoms with van der Waals surface area (Å²) in [5.74, 6) is 0.279. The second kappa shape index (κ2) is 8.01. The third-order valence-corrected chi connectivity index (χ3v) is 4.78. The van der Waals surface area contributed by atoms with Gasteiger partial charge in [-0.05, 0) is 68.0 Å². The van der Waals surface area contributed by atoms with Gasteiger partial charge in [0.1, 0.15) is 5.75 Å². The monoisotopic (exact) mass is 339 g/mol. The first-order valence-electron chi connectivity index (χ1n) is 8.88. The van der Waals surface area contributed by atoms with Crippen LogP contribution in [-0.2, 0) is 6.42 Å². The minimum Gasteiger partial charge on any atom is -0.508 e. The second-order valence-electron chi connectivity index (χ2n) is 6.69. The molecule has 5 heteroatoms. The van der Waals surface area contributed by atoms with Crippen molar-refractivity contribution in [3.05, 3.63) is 59.9 Å². The first-order chi connectivity index (χ1) is 12.1. The molecule has 0 spiro atoms. The predicted molar refractivity (Wildman–Crippen MR) is 97.3 cm³/mol. The molecule has 25 heavy (non-hydrogen) atoms. The van der Waals surface area contributed by atoms with Crippen molar-refractivity contribution in [3.8, 4) is 5.75 Å². The van der Waals surface area contributed by atoms with Crippen LogP contribution in [-0.4, -0.2) is 33.6 Å². The molecule has 2 N–H and O–H groups in total. The zero-order chi connectivity index (χ0) is 17.6. The van der Waals surface area contributed by atoms with Crippen LogP contribution < -0.4 is 5.32 Å². The van der Waals surface area contributed by atoms with Crippen LogP contribution >= 0.6 is 0 Å². The summed E-state index contributed by atoms with van der Waals surface area (Å²) in [5, 5.41) is 12.5.